The average molecular weight is 247 g/mol. The molecule has 0 aliphatic carbocycles. The summed E-state index contributed by atoms with van der Waals surface area (Å²) in [5.74, 6) is 0. The minimum atomic E-state index is 0.157. The maximum Gasteiger partial charge on any atom is 0.0931 e. The summed E-state index contributed by atoms with van der Waals surface area (Å²) in [5.41, 5.74) is 5.90. The zero-order chi connectivity index (χ0) is 11.5. The second-order valence-electron chi connectivity index (χ2n) is 4.56. The van der Waals surface area contributed by atoms with Gasteiger partial charge >= 0.3 is 0 Å². The van der Waals surface area contributed by atoms with Gasteiger partial charge in [0.15, 0.2) is 0 Å². The molecule has 0 fully saturated rings. The zero-order valence-corrected chi connectivity index (χ0v) is 11.1. The highest BCUT2D eigenvalue weighted by molar-refractivity contribution is 7.16. The van der Waals surface area contributed by atoms with Crippen LogP contribution in [0.25, 0.3) is 0 Å². The molecular formula is C11H19ClN2S. The van der Waals surface area contributed by atoms with Gasteiger partial charge in [-0.1, -0.05) is 25.4 Å². The predicted octanol–water partition coefficient (Wildman–Crippen LogP) is 3.04. The maximum atomic E-state index is 5.93. The fourth-order valence-electron chi connectivity index (χ4n) is 1.50. The largest absolute Gasteiger partial charge is 0.330 e. The molecule has 1 unspecified atom stereocenters. The second-order valence-corrected chi connectivity index (χ2v) is 6.30. The molecule has 1 aromatic heterocycles. The van der Waals surface area contributed by atoms with E-state index in [4.69, 9.17) is 17.3 Å². The van der Waals surface area contributed by atoms with Crippen molar-refractivity contribution in [2.45, 2.75) is 26.3 Å². The number of nitrogens with one attached hydrogen (secondary N) is 1. The van der Waals surface area contributed by atoms with Gasteiger partial charge in [-0.15, -0.1) is 11.3 Å². The van der Waals surface area contributed by atoms with Gasteiger partial charge in [0, 0.05) is 10.9 Å². The number of hydrogen-bond donors (Lipinski definition) is 2. The number of hydrogen-bond acceptors (Lipinski definition) is 3. The molecule has 0 aliphatic heterocycles. The molecule has 1 rings (SSSR count). The SMILES string of the molecule is CNC(CC(C)(C)CN)c1ccc(Cl)s1. The Morgan fingerprint density at radius 3 is 2.60 bits per heavy atom. The van der Waals surface area contributed by atoms with Crippen molar-refractivity contribution in [2.24, 2.45) is 11.1 Å². The fraction of sp³-hybridized carbons (Fsp3) is 0.636. The van der Waals surface area contributed by atoms with E-state index in [0.717, 1.165) is 10.8 Å². The first-order valence-electron chi connectivity index (χ1n) is 5.11. The second kappa shape index (κ2) is 5.30. The Balaban J connectivity index is 2.72. The predicted molar refractivity (Wildman–Crippen MR) is 68.6 cm³/mol. The zero-order valence-electron chi connectivity index (χ0n) is 9.51. The lowest BCUT2D eigenvalue weighted by atomic mass is 9.85. The molecule has 1 heterocycles. The van der Waals surface area contributed by atoms with Crippen molar-refractivity contribution in [3.05, 3.63) is 21.3 Å². The normalized spacial score (nSPS) is 14.2. The van der Waals surface area contributed by atoms with Gasteiger partial charge < -0.3 is 11.1 Å². The number of rotatable bonds is 5. The van der Waals surface area contributed by atoms with E-state index in [-0.39, 0.29) is 5.41 Å². The topological polar surface area (TPSA) is 38.0 Å². The molecule has 1 atom stereocenters. The monoisotopic (exact) mass is 246 g/mol. The van der Waals surface area contributed by atoms with Crippen LogP contribution in [0.2, 0.25) is 4.34 Å². The first-order chi connectivity index (χ1) is 6.98. The van der Waals surface area contributed by atoms with Crippen molar-refractivity contribution >= 4 is 22.9 Å². The summed E-state index contributed by atoms with van der Waals surface area (Å²) in [6, 6.07) is 4.38. The van der Waals surface area contributed by atoms with Crippen LogP contribution in [0.15, 0.2) is 12.1 Å². The van der Waals surface area contributed by atoms with Gasteiger partial charge in [-0.25, -0.2) is 0 Å². The van der Waals surface area contributed by atoms with Crippen LogP contribution < -0.4 is 11.1 Å². The van der Waals surface area contributed by atoms with E-state index in [0.29, 0.717) is 12.6 Å². The number of halogens is 1. The van der Waals surface area contributed by atoms with Crippen LogP contribution in [0, 0.1) is 5.41 Å². The average Bonchev–Trinajstić information content (AvgIpc) is 2.61. The van der Waals surface area contributed by atoms with Crippen LogP contribution in [0.3, 0.4) is 0 Å². The first-order valence-corrected chi connectivity index (χ1v) is 6.30. The van der Waals surface area contributed by atoms with Gasteiger partial charge in [-0.2, -0.15) is 0 Å². The lowest BCUT2D eigenvalue weighted by Gasteiger charge is -2.27. The first kappa shape index (κ1) is 13.0. The Labute approximate surface area is 101 Å². The molecule has 0 spiro atoms. The van der Waals surface area contributed by atoms with Crippen LogP contribution >= 0.6 is 22.9 Å². The van der Waals surface area contributed by atoms with Crippen LogP contribution in [0.5, 0.6) is 0 Å². The van der Waals surface area contributed by atoms with E-state index < -0.39 is 0 Å². The van der Waals surface area contributed by atoms with Crippen LogP contribution in [0.1, 0.15) is 31.2 Å². The van der Waals surface area contributed by atoms with Gasteiger partial charge in [0.2, 0.25) is 0 Å². The van der Waals surface area contributed by atoms with Crippen molar-refractivity contribution in [3.63, 3.8) is 0 Å². The summed E-state index contributed by atoms with van der Waals surface area (Å²) >= 11 is 7.57. The highest BCUT2D eigenvalue weighted by Gasteiger charge is 2.22. The number of thiophene rings is 1. The summed E-state index contributed by atoms with van der Waals surface area (Å²) in [5, 5.41) is 3.32. The van der Waals surface area contributed by atoms with Crippen molar-refractivity contribution in [3.8, 4) is 0 Å². The van der Waals surface area contributed by atoms with Gasteiger partial charge in [0.25, 0.3) is 0 Å². The molecule has 0 saturated heterocycles. The Kier molecular flexibility index (Phi) is 4.59. The van der Waals surface area contributed by atoms with E-state index in [1.54, 1.807) is 11.3 Å². The van der Waals surface area contributed by atoms with Crippen LogP contribution in [-0.4, -0.2) is 13.6 Å². The van der Waals surface area contributed by atoms with Gasteiger partial charge in [0.1, 0.15) is 0 Å². The highest BCUT2D eigenvalue weighted by atomic mass is 35.5. The molecule has 0 saturated carbocycles. The molecule has 0 radical (unpaired) electrons. The molecule has 0 aliphatic rings. The summed E-state index contributed by atoms with van der Waals surface area (Å²) in [4.78, 5) is 1.28. The Bertz CT molecular complexity index is 309. The lowest BCUT2D eigenvalue weighted by molar-refractivity contribution is 0.301. The third kappa shape index (κ3) is 3.76. The number of nitrogens with two attached hydrogens (primary N) is 1. The van der Waals surface area contributed by atoms with Crippen molar-refractivity contribution in [2.75, 3.05) is 13.6 Å². The van der Waals surface area contributed by atoms with Gasteiger partial charge in [0.05, 0.1) is 4.34 Å². The van der Waals surface area contributed by atoms with E-state index >= 15 is 0 Å². The van der Waals surface area contributed by atoms with Gasteiger partial charge in [-0.3, -0.25) is 0 Å². The Morgan fingerprint density at radius 1 is 1.53 bits per heavy atom. The molecule has 0 bridgehead atoms. The third-order valence-electron chi connectivity index (χ3n) is 2.60. The van der Waals surface area contributed by atoms with Crippen molar-refractivity contribution in [1.82, 2.24) is 5.32 Å². The molecule has 3 N–H and O–H groups in total. The van der Waals surface area contributed by atoms with E-state index in [2.05, 4.69) is 25.2 Å². The Hall–Kier alpha value is -0.0900. The standard InChI is InChI=1S/C11H19ClN2S/c1-11(2,7-13)6-8(14-3)9-4-5-10(12)15-9/h4-5,8,14H,6-7,13H2,1-3H3. The smallest absolute Gasteiger partial charge is 0.0931 e. The summed E-state index contributed by atoms with van der Waals surface area (Å²) in [7, 11) is 1.98. The molecule has 1 aromatic rings. The minimum absolute atomic E-state index is 0.157. The van der Waals surface area contributed by atoms with Crippen molar-refractivity contribution in [1.29, 1.82) is 0 Å². The van der Waals surface area contributed by atoms with Crippen LogP contribution in [-0.2, 0) is 0 Å². The third-order valence-corrected chi connectivity index (χ3v) is 3.94. The fourth-order valence-corrected chi connectivity index (χ4v) is 2.67. The molecule has 0 amide bonds. The Morgan fingerprint density at radius 2 is 2.20 bits per heavy atom. The van der Waals surface area contributed by atoms with Crippen LogP contribution in [0.4, 0.5) is 0 Å². The molecular weight excluding hydrogens is 228 g/mol. The summed E-state index contributed by atoms with van der Waals surface area (Å²) in [6.45, 7) is 5.07. The minimum Gasteiger partial charge on any atom is -0.330 e. The quantitative estimate of drug-likeness (QED) is 0.838. The van der Waals surface area contributed by atoms with E-state index in [1.807, 2.05) is 13.1 Å². The van der Waals surface area contributed by atoms with Crippen molar-refractivity contribution < 1.29 is 0 Å². The van der Waals surface area contributed by atoms with Gasteiger partial charge in [-0.05, 0) is 37.6 Å². The summed E-state index contributed by atoms with van der Waals surface area (Å²) < 4.78 is 0.843. The lowest BCUT2D eigenvalue weighted by Crippen LogP contribution is -2.29. The molecule has 4 heteroatoms. The highest BCUT2D eigenvalue weighted by Crippen LogP contribution is 2.33. The summed E-state index contributed by atoms with van der Waals surface area (Å²) in [6.07, 6.45) is 1.02. The maximum absolute atomic E-state index is 5.93. The molecule has 86 valence electrons. The van der Waals surface area contributed by atoms with E-state index in [9.17, 15) is 0 Å². The van der Waals surface area contributed by atoms with E-state index in [1.165, 1.54) is 4.88 Å². The molecule has 15 heavy (non-hydrogen) atoms. The molecule has 2 nitrogen and oxygen atoms in total. The molecule has 0 aromatic carbocycles.